The number of hydrogen-bond donors (Lipinski definition) is 2. The number of nitrogens with one attached hydrogen (secondary N) is 2. The van der Waals surface area contributed by atoms with Crippen molar-refractivity contribution in [3.63, 3.8) is 0 Å². The van der Waals surface area contributed by atoms with Gasteiger partial charge in [0.15, 0.2) is 0 Å². The lowest BCUT2D eigenvalue weighted by molar-refractivity contribution is 0.415. The van der Waals surface area contributed by atoms with Gasteiger partial charge in [-0.25, -0.2) is 0 Å². The summed E-state index contributed by atoms with van der Waals surface area (Å²) in [6.45, 7) is 3.17. The second-order valence-electron chi connectivity index (χ2n) is 4.48. The maximum atomic E-state index is 5.27. The number of hydrogen-bond acceptors (Lipinski definition) is 2. The van der Waals surface area contributed by atoms with E-state index in [1.807, 2.05) is 6.07 Å². The zero-order valence-electron chi connectivity index (χ0n) is 9.63. The highest BCUT2D eigenvalue weighted by atomic mass is 16.5. The molecule has 3 heteroatoms. The summed E-state index contributed by atoms with van der Waals surface area (Å²) < 4.78 is 5.27. The van der Waals surface area contributed by atoms with Crippen molar-refractivity contribution in [3.8, 4) is 5.75 Å². The van der Waals surface area contributed by atoms with Gasteiger partial charge in [0.05, 0.1) is 7.11 Å². The number of benzene rings is 1. The number of H-pyrrole nitrogens is 1. The Morgan fingerprint density at radius 2 is 2.25 bits per heavy atom. The van der Waals surface area contributed by atoms with Crippen molar-refractivity contribution in [1.29, 1.82) is 0 Å². The molecular formula is C13H16N2O. The van der Waals surface area contributed by atoms with Gasteiger partial charge in [0.25, 0.3) is 0 Å². The zero-order valence-corrected chi connectivity index (χ0v) is 9.63. The fraction of sp³-hybridized carbons (Fsp3) is 0.385. The molecule has 2 aromatic rings. The van der Waals surface area contributed by atoms with E-state index in [9.17, 15) is 0 Å². The molecule has 3 nitrogen and oxygen atoms in total. The summed E-state index contributed by atoms with van der Waals surface area (Å²) in [5.74, 6) is 0.924. The van der Waals surface area contributed by atoms with Crippen molar-refractivity contribution in [2.75, 3.05) is 7.11 Å². The van der Waals surface area contributed by atoms with Crippen LogP contribution < -0.4 is 10.1 Å². The van der Waals surface area contributed by atoms with Crippen molar-refractivity contribution < 1.29 is 4.74 Å². The van der Waals surface area contributed by atoms with E-state index in [0.717, 1.165) is 18.7 Å². The van der Waals surface area contributed by atoms with Crippen LogP contribution in [0, 0.1) is 0 Å². The van der Waals surface area contributed by atoms with E-state index in [4.69, 9.17) is 4.74 Å². The minimum atomic E-state index is 0.558. The Labute approximate surface area is 94.8 Å². The zero-order chi connectivity index (χ0) is 11.1. The number of aromatic amines is 1. The van der Waals surface area contributed by atoms with E-state index in [0.29, 0.717) is 6.04 Å². The minimum Gasteiger partial charge on any atom is -0.497 e. The van der Waals surface area contributed by atoms with Gasteiger partial charge in [-0.3, -0.25) is 0 Å². The quantitative estimate of drug-likeness (QED) is 0.767. The molecule has 16 heavy (non-hydrogen) atoms. The van der Waals surface area contributed by atoms with Crippen molar-refractivity contribution in [2.24, 2.45) is 0 Å². The van der Waals surface area contributed by atoms with Crippen molar-refractivity contribution in [3.05, 3.63) is 29.5 Å². The highest BCUT2D eigenvalue weighted by molar-refractivity contribution is 5.86. The average Bonchev–Trinajstić information content (AvgIpc) is 2.65. The van der Waals surface area contributed by atoms with E-state index < -0.39 is 0 Å². The minimum absolute atomic E-state index is 0.558. The number of ether oxygens (including phenoxy) is 1. The monoisotopic (exact) mass is 216 g/mol. The normalized spacial score (nSPS) is 19.8. The molecule has 0 fully saturated rings. The number of rotatable bonds is 1. The fourth-order valence-corrected chi connectivity index (χ4v) is 2.44. The van der Waals surface area contributed by atoms with Gasteiger partial charge in [0.2, 0.25) is 0 Å². The molecule has 1 atom stereocenters. The lowest BCUT2D eigenvalue weighted by atomic mass is 10.0. The van der Waals surface area contributed by atoms with Gasteiger partial charge in [-0.2, -0.15) is 0 Å². The van der Waals surface area contributed by atoms with Crippen LogP contribution in [-0.2, 0) is 13.0 Å². The first-order valence-corrected chi connectivity index (χ1v) is 5.69. The molecule has 0 saturated carbocycles. The molecule has 2 N–H and O–H groups in total. The van der Waals surface area contributed by atoms with Crippen LogP contribution in [-0.4, -0.2) is 18.1 Å². The van der Waals surface area contributed by atoms with Gasteiger partial charge in [-0.1, -0.05) is 0 Å². The van der Waals surface area contributed by atoms with Gasteiger partial charge in [-0.15, -0.1) is 0 Å². The molecule has 1 aliphatic rings. The third kappa shape index (κ3) is 1.39. The summed E-state index contributed by atoms with van der Waals surface area (Å²) in [4.78, 5) is 3.50. The smallest absolute Gasteiger partial charge is 0.119 e. The molecule has 1 aromatic heterocycles. The van der Waals surface area contributed by atoms with E-state index in [1.54, 1.807) is 7.11 Å². The predicted molar refractivity (Wildman–Crippen MR) is 64.9 cm³/mol. The molecule has 0 aliphatic carbocycles. The first kappa shape index (κ1) is 9.73. The topological polar surface area (TPSA) is 37.0 Å². The summed E-state index contributed by atoms with van der Waals surface area (Å²) in [5, 5.41) is 4.78. The van der Waals surface area contributed by atoms with E-state index >= 15 is 0 Å². The molecule has 3 rings (SSSR count). The van der Waals surface area contributed by atoms with Crippen LogP contribution in [0.15, 0.2) is 18.2 Å². The Morgan fingerprint density at radius 3 is 3.06 bits per heavy atom. The van der Waals surface area contributed by atoms with E-state index in [-0.39, 0.29) is 0 Å². The van der Waals surface area contributed by atoms with Gasteiger partial charge in [0.1, 0.15) is 5.75 Å². The van der Waals surface area contributed by atoms with Gasteiger partial charge < -0.3 is 15.0 Å². The molecule has 1 aromatic carbocycles. The average molecular weight is 216 g/mol. The summed E-state index contributed by atoms with van der Waals surface area (Å²) in [6.07, 6.45) is 1.08. The van der Waals surface area contributed by atoms with Gasteiger partial charge in [-0.05, 0) is 30.7 Å². The molecule has 0 spiro atoms. The third-order valence-electron chi connectivity index (χ3n) is 3.34. The number of aromatic nitrogens is 1. The van der Waals surface area contributed by atoms with Gasteiger partial charge in [0, 0.05) is 35.6 Å². The Morgan fingerprint density at radius 1 is 1.38 bits per heavy atom. The van der Waals surface area contributed by atoms with Crippen molar-refractivity contribution >= 4 is 10.9 Å². The molecule has 1 unspecified atom stereocenters. The van der Waals surface area contributed by atoms with Crippen LogP contribution in [0.5, 0.6) is 5.75 Å². The highest BCUT2D eigenvalue weighted by Gasteiger charge is 2.19. The Kier molecular flexibility index (Phi) is 2.14. The molecular weight excluding hydrogens is 200 g/mol. The first-order chi connectivity index (χ1) is 7.78. The molecule has 84 valence electrons. The van der Waals surface area contributed by atoms with Crippen molar-refractivity contribution in [1.82, 2.24) is 10.3 Å². The van der Waals surface area contributed by atoms with Crippen molar-refractivity contribution in [2.45, 2.75) is 25.9 Å². The Balaban J connectivity index is 2.18. The fourth-order valence-electron chi connectivity index (χ4n) is 2.44. The second kappa shape index (κ2) is 3.52. The maximum absolute atomic E-state index is 5.27. The van der Waals surface area contributed by atoms with Crippen LogP contribution in [0.4, 0.5) is 0 Å². The van der Waals surface area contributed by atoms with E-state index in [2.05, 4.69) is 29.4 Å². The third-order valence-corrected chi connectivity index (χ3v) is 3.34. The maximum Gasteiger partial charge on any atom is 0.119 e. The lowest BCUT2D eigenvalue weighted by Crippen LogP contribution is -2.32. The molecule has 0 saturated heterocycles. The van der Waals surface area contributed by atoms with Crippen LogP contribution in [0.25, 0.3) is 10.9 Å². The van der Waals surface area contributed by atoms with Crippen LogP contribution in [0.3, 0.4) is 0 Å². The van der Waals surface area contributed by atoms with Crippen LogP contribution >= 0.6 is 0 Å². The Hall–Kier alpha value is -1.48. The van der Waals surface area contributed by atoms with Crippen LogP contribution in [0.2, 0.25) is 0 Å². The first-order valence-electron chi connectivity index (χ1n) is 5.69. The SMILES string of the molecule is COc1ccc2[nH]c3c(c2c1)CNC(C)C3. The van der Waals surface area contributed by atoms with Gasteiger partial charge >= 0.3 is 0 Å². The highest BCUT2D eigenvalue weighted by Crippen LogP contribution is 2.29. The molecule has 0 radical (unpaired) electrons. The van der Waals surface area contributed by atoms with E-state index in [1.165, 1.54) is 22.2 Å². The molecule has 0 amide bonds. The summed E-state index contributed by atoms with van der Waals surface area (Å²) in [6, 6.07) is 6.77. The molecule has 0 bridgehead atoms. The summed E-state index contributed by atoms with van der Waals surface area (Å²) in [7, 11) is 1.71. The number of fused-ring (bicyclic) bond motifs is 3. The molecule has 1 aliphatic heterocycles. The standard InChI is InChI=1S/C13H16N2O/c1-8-5-13-11(7-14-8)10-6-9(16-2)3-4-12(10)15-13/h3-4,6,8,14-15H,5,7H2,1-2H3. The lowest BCUT2D eigenvalue weighted by Gasteiger charge is -2.20. The predicted octanol–water partition coefficient (Wildman–Crippen LogP) is 2.21. The Bertz CT molecular complexity index is 530. The largest absolute Gasteiger partial charge is 0.497 e. The van der Waals surface area contributed by atoms with Crippen LogP contribution in [0.1, 0.15) is 18.2 Å². The second-order valence-corrected chi connectivity index (χ2v) is 4.48. The number of methoxy groups -OCH3 is 1. The molecule has 2 heterocycles. The summed E-state index contributed by atoms with van der Waals surface area (Å²) >= 11 is 0. The summed E-state index contributed by atoms with van der Waals surface area (Å²) in [5.41, 5.74) is 3.98.